The van der Waals surface area contributed by atoms with Crippen LogP contribution in [0.25, 0.3) is 10.9 Å². The highest BCUT2D eigenvalue weighted by Gasteiger charge is 2.20. The van der Waals surface area contributed by atoms with Crippen LogP contribution in [0.5, 0.6) is 0 Å². The highest BCUT2D eigenvalue weighted by molar-refractivity contribution is 5.86. The Morgan fingerprint density at radius 2 is 2.30 bits per heavy atom. The van der Waals surface area contributed by atoms with Gasteiger partial charge in [0.2, 0.25) is 0 Å². The fourth-order valence-electron chi connectivity index (χ4n) is 3.01. The number of hydrogen-bond donors (Lipinski definition) is 2. The fraction of sp³-hybridized carbons (Fsp3) is 0.500. The molecule has 1 unspecified atom stereocenters. The van der Waals surface area contributed by atoms with Crippen molar-refractivity contribution in [3.05, 3.63) is 35.5 Å². The van der Waals surface area contributed by atoms with E-state index in [1.807, 2.05) is 0 Å². The normalized spacial score (nSPS) is 20.6. The lowest BCUT2D eigenvalue weighted by atomic mass is 10.1. The van der Waals surface area contributed by atoms with Gasteiger partial charge in [-0.15, -0.1) is 0 Å². The van der Waals surface area contributed by atoms with Crippen molar-refractivity contribution in [2.24, 2.45) is 5.73 Å². The van der Waals surface area contributed by atoms with E-state index in [0.717, 1.165) is 32.7 Å². The van der Waals surface area contributed by atoms with E-state index >= 15 is 0 Å². The van der Waals surface area contributed by atoms with E-state index < -0.39 is 0 Å². The predicted octanol–water partition coefficient (Wildman–Crippen LogP) is 1.89. The first kappa shape index (κ1) is 13.6. The van der Waals surface area contributed by atoms with Crippen molar-refractivity contribution in [2.75, 3.05) is 26.2 Å². The van der Waals surface area contributed by atoms with Gasteiger partial charge in [0.05, 0.1) is 12.7 Å². The lowest BCUT2D eigenvalue weighted by Gasteiger charge is -2.32. The predicted molar refractivity (Wildman–Crippen MR) is 81.7 cm³/mol. The van der Waals surface area contributed by atoms with Gasteiger partial charge >= 0.3 is 0 Å². The summed E-state index contributed by atoms with van der Waals surface area (Å²) in [6.45, 7) is 6.46. The van der Waals surface area contributed by atoms with Crippen LogP contribution in [0.4, 0.5) is 0 Å². The maximum Gasteiger partial charge on any atom is 0.0824 e. The molecule has 2 aromatic rings. The molecule has 0 spiro atoms. The summed E-state index contributed by atoms with van der Waals surface area (Å²) in [5.74, 6) is 0. The molecule has 1 aliphatic rings. The van der Waals surface area contributed by atoms with Gasteiger partial charge in [0.1, 0.15) is 0 Å². The van der Waals surface area contributed by atoms with Crippen LogP contribution in [0, 0.1) is 0 Å². The van der Waals surface area contributed by atoms with E-state index in [1.165, 1.54) is 22.0 Å². The molecule has 0 radical (unpaired) electrons. The zero-order chi connectivity index (χ0) is 13.9. The lowest BCUT2D eigenvalue weighted by molar-refractivity contribution is -0.0259. The number of fused-ring (bicyclic) bond motifs is 1. The Kier molecular flexibility index (Phi) is 4.05. The minimum Gasteiger partial charge on any atom is -0.374 e. The lowest BCUT2D eigenvalue weighted by Crippen LogP contribution is -2.45. The Bertz CT molecular complexity index is 578. The minimum absolute atomic E-state index is 0.181. The van der Waals surface area contributed by atoms with Crippen LogP contribution in [0.3, 0.4) is 0 Å². The molecule has 108 valence electrons. The molecule has 1 aromatic carbocycles. The number of para-hydroxylation sites is 1. The topological polar surface area (TPSA) is 54.3 Å². The highest BCUT2D eigenvalue weighted by atomic mass is 16.5. The molecule has 4 heteroatoms. The summed E-state index contributed by atoms with van der Waals surface area (Å²) in [5.41, 5.74) is 9.75. The first-order valence-corrected chi connectivity index (χ1v) is 7.43. The SMILES string of the molecule is CCc1cccc2c(CN3CCOC(CN)C3)c[nH]c12. The van der Waals surface area contributed by atoms with Gasteiger partial charge in [-0.1, -0.05) is 25.1 Å². The summed E-state index contributed by atoms with van der Waals surface area (Å²) in [7, 11) is 0. The first-order valence-electron chi connectivity index (χ1n) is 7.43. The van der Waals surface area contributed by atoms with Crippen molar-refractivity contribution in [1.29, 1.82) is 0 Å². The van der Waals surface area contributed by atoms with Crippen LogP contribution in [0.1, 0.15) is 18.1 Å². The molecule has 1 aliphatic heterocycles. The third kappa shape index (κ3) is 2.59. The molecule has 0 aliphatic carbocycles. The molecule has 1 atom stereocenters. The van der Waals surface area contributed by atoms with Gasteiger partial charge in [-0.25, -0.2) is 0 Å². The Balaban J connectivity index is 1.81. The number of H-pyrrole nitrogens is 1. The Labute approximate surface area is 119 Å². The molecular weight excluding hydrogens is 250 g/mol. The maximum absolute atomic E-state index is 5.71. The van der Waals surface area contributed by atoms with Crippen molar-refractivity contribution >= 4 is 10.9 Å². The summed E-state index contributed by atoms with van der Waals surface area (Å²) < 4.78 is 5.63. The van der Waals surface area contributed by atoms with Gasteiger partial charge in [0, 0.05) is 43.3 Å². The molecular formula is C16H23N3O. The number of nitrogens with two attached hydrogens (primary N) is 1. The third-order valence-corrected chi connectivity index (χ3v) is 4.15. The molecule has 0 bridgehead atoms. The first-order chi connectivity index (χ1) is 9.81. The molecule has 20 heavy (non-hydrogen) atoms. The molecule has 1 aromatic heterocycles. The quantitative estimate of drug-likeness (QED) is 0.894. The molecule has 4 nitrogen and oxygen atoms in total. The smallest absolute Gasteiger partial charge is 0.0824 e. The van der Waals surface area contributed by atoms with Crippen LogP contribution in [-0.4, -0.2) is 42.2 Å². The molecule has 1 fully saturated rings. The number of morpholine rings is 1. The summed E-state index contributed by atoms with van der Waals surface area (Å²) in [6, 6.07) is 6.56. The number of ether oxygens (including phenoxy) is 1. The van der Waals surface area contributed by atoms with E-state index in [4.69, 9.17) is 10.5 Å². The van der Waals surface area contributed by atoms with Crippen molar-refractivity contribution in [2.45, 2.75) is 26.0 Å². The average molecular weight is 273 g/mol. The fourth-order valence-corrected chi connectivity index (χ4v) is 3.01. The molecule has 2 heterocycles. The number of aromatic nitrogens is 1. The van der Waals surface area contributed by atoms with E-state index in [0.29, 0.717) is 6.54 Å². The van der Waals surface area contributed by atoms with E-state index in [-0.39, 0.29) is 6.10 Å². The summed E-state index contributed by atoms with van der Waals surface area (Å²) in [4.78, 5) is 5.87. The van der Waals surface area contributed by atoms with Crippen molar-refractivity contribution in [3.8, 4) is 0 Å². The van der Waals surface area contributed by atoms with Gasteiger partial charge in [0.15, 0.2) is 0 Å². The number of aromatic amines is 1. The number of nitrogens with zero attached hydrogens (tertiary/aromatic N) is 1. The van der Waals surface area contributed by atoms with Crippen molar-refractivity contribution in [3.63, 3.8) is 0 Å². The second-order valence-electron chi connectivity index (χ2n) is 5.47. The number of rotatable bonds is 4. The minimum atomic E-state index is 0.181. The van der Waals surface area contributed by atoms with Crippen LogP contribution in [-0.2, 0) is 17.7 Å². The van der Waals surface area contributed by atoms with E-state index in [1.54, 1.807) is 0 Å². The third-order valence-electron chi connectivity index (χ3n) is 4.15. The second-order valence-corrected chi connectivity index (χ2v) is 5.47. The average Bonchev–Trinajstić information content (AvgIpc) is 2.90. The molecule has 0 saturated carbocycles. The number of hydrogen-bond acceptors (Lipinski definition) is 3. The molecule has 3 rings (SSSR count). The Hall–Kier alpha value is -1.36. The van der Waals surface area contributed by atoms with Crippen molar-refractivity contribution < 1.29 is 4.74 Å². The van der Waals surface area contributed by atoms with Gasteiger partial charge in [0.25, 0.3) is 0 Å². The number of benzene rings is 1. The number of nitrogens with one attached hydrogen (secondary N) is 1. The second kappa shape index (κ2) is 5.95. The van der Waals surface area contributed by atoms with Gasteiger partial charge < -0.3 is 15.5 Å². The zero-order valence-electron chi connectivity index (χ0n) is 12.1. The monoisotopic (exact) mass is 273 g/mol. The Morgan fingerprint density at radius 1 is 1.40 bits per heavy atom. The summed E-state index contributed by atoms with van der Waals surface area (Å²) in [5, 5.41) is 1.35. The zero-order valence-corrected chi connectivity index (χ0v) is 12.1. The van der Waals surface area contributed by atoms with Crippen LogP contribution < -0.4 is 5.73 Å². The largest absolute Gasteiger partial charge is 0.374 e. The summed E-state index contributed by atoms with van der Waals surface area (Å²) in [6.07, 6.45) is 3.39. The van der Waals surface area contributed by atoms with Crippen LogP contribution in [0.15, 0.2) is 24.4 Å². The van der Waals surface area contributed by atoms with Gasteiger partial charge in [-0.05, 0) is 17.5 Å². The molecule has 0 amide bonds. The van der Waals surface area contributed by atoms with Crippen LogP contribution >= 0.6 is 0 Å². The molecule has 1 saturated heterocycles. The Morgan fingerprint density at radius 3 is 3.10 bits per heavy atom. The maximum atomic E-state index is 5.71. The number of aryl methyl sites for hydroxylation is 1. The van der Waals surface area contributed by atoms with Gasteiger partial charge in [-0.3, -0.25) is 4.90 Å². The van der Waals surface area contributed by atoms with Gasteiger partial charge in [-0.2, -0.15) is 0 Å². The highest BCUT2D eigenvalue weighted by Crippen LogP contribution is 2.23. The molecule has 3 N–H and O–H groups in total. The van der Waals surface area contributed by atoms with E-state index in [9.17, 15) is 0 Å². The van der Waals surface area contributed by atoms with Crippen LogP contribution in [0.2, 0.25) is 0 Å². The van der Waals surface area contributed by atoms with E-state index in [2.05, 4.69) is 41.2 Å². The van der Waals surface area contributed by atoms with Crippen molar-refractivity contribution in [1.82, 2.24) is 9.88 Å². The summed E-state index contributed by atoms with van der Waals surface area (Å²) >= 11 is 0. The standard InChI is InChI=1S/C16H23N3O/c1-2-12-4-3-5-15-13(9-18-16(12)15)10-19-6-7-20-14(8-17)11-19/h3-5,9,14,18H,2,6-8,10-11,17H2,1H3.